The van der Waals surface area contributed by atoms with Gasteiger partial charge in [-0.05, 0) is 67.6 Å². The van der Waals surface area contributed by atoms with Crippen LogP contribution in [0.1, 0.15) is 25.3 Å². The molecule has 2 aromatic carbocycles. The predicted molar refractivity (Wildman–Crippen MR) is 107 cm³/mol. The zero-order chi connectivity index (χ0) is 20.6. The largest absolute Gasteiger partial charge is 0.334 e. The van der Waals surface area contributed by atoms with Gasteiger partial charge in [0.15, 0.2) is 0 Å². The SMILES string of the molecule is Cc1ccc(-c2nc(-c3ccc(S(=O)(=O)N4CCC(C)CC4)cc3)no2)cc1F. The number of hydrogen-bond acceptors (Lipinski definition) is 5. The van der Waals surface area contributed by atoms with Crippen molar-refractivity contribution in [3.63, 3.8) is 0 Å². The van der Waals surface area contributed by atoms with Crippen molar-refractivity contribution in [3.05, 3.63) is 53.8 Å². The molecular weight excluding hydrogens is 393 g/mol. The highest BCUT2D eigenvalue weighted by Gasteiger charge is 2.28. The van der Waals surface area contributed by atoms with E-state index in [1.54, 1.807) is 47.6 Å². The molecule has 0 bridgehead atoms. The first-order valence-electron chi connectivity index (χ1n) is 9.55. The van der Waals surface area contributed by atoms with Gasteiger partial charge in [-0.1, -0.05) is 18.1 Å². The van der Waals surface area contributed by atoms with Crippen molar-refractivity contribution < 1.29 is 17.3 Å². The molecule has 8 heteroatoms. The standard InChI is InChI=1S/C21H22FN3O3S/c1-14-9-11-25(12-10-14)29(26,27)18-7-5-16(6-8-18)20-23-21(28-24-20)17-4-3-15(2)19(22)13-17/h3-8,13-14H,9-12H2,1-2H3. The fourth-order valence-electron chi connectivity index (χ4n) is 3.33. The van der Waals surface area contributed by atoms with Crippen LogP contribution in [0.25, 0.3) is 22.8 Å². The van der Waals surface area contributed by atoms with Gasteiger partial charge in [0.05, 0.1) is 4.90 Å². The molecule has 6 nitrogen and oxygen atoms in total. The van der Waals surface area contributed by atoms with E-state index in [2.05, 4.69) is 17.1 Å². The van der Waals surface area contributed by atoms with Crippen molar-refractivity contribution in [2.45, 2.75) is 31.6 Å². The zero-order valence-electron chi connectivity index (χ0n) is 16.3. The van der Waals surface area contributed by atoms with Crippen LogP contribution in [-0.2, 0) is 10.0 Å². The van der Waals surface area contributed by atoms with Crippen molar-refractivity contribution >= 4 is 10.0 Å². The monoisotopic (exact) mass is 415 g/mol. The van der Waals surface area contributed by atoms with Gasteiger partial charge in [-0.2, -0.15) is 9.29 Å². The molecule has 0 N–H and O–H groups in total. The molecule has 0 amide bonds. The summed E-state index contributed by atoms with van der Waals surface area (Å²) in [5.74, 6) is 0.733. The van der Waals surface area contributed by atoms with E-state index in [1.165, 1.54) is 6.07 Å². The van der Waals surface area contributed by atoms with Gasteiger partial charge >= 0.3 is 0 Å². The predicted octanol–water partition coefficient (Wildman–Crippen LogP) is 4.27. The smallest absolute Gasteiger partial charge is 0.258 e. The van der Waals surface area contributed by atoms with E-state index in [4.69, 9.17) is 4.52 Å². The van der Waals surface area contributed by atoms with Crippen molar-refractivity contribution in [1.29, 1.82) is 0 Å². The van der Waals surface area contributed by atoms with Crippen LogP contribution in [0.4, 0.5) is 4.39 Å². The second-order valence-corrected chi connectivity index (χ2v) is 9.44. The summed E-state index contributed by atoms with van der Waals surface area (Å²) in [5, 5.41) is 3.94. The molecule has 0 atom stereocenters. The lowest BCUT2D eigenvalue weighted by atomic mass is 10.0. The number of halogens is 1. The Balaban J connectivity index is 1.55. The maximum absolute atomic E-state index is 13.8. The third-order valence-electron chi connectivity index (χ3n) is 5.34. The lowest BCUT2D eigenvalue weighted by Crippen LogP contribution is -2.37. The van der Waals surface area contributed by atoms with Crippen molar-refractivity contribution in [1.82, 2.24) is 14.4 Å². The fraction of sp³-hybridized carbons (Fsp3) is 0.333. The highest BCUT2D eigenvalue weighted by molar-refractivity contribution is 7.89. The highest BCUT2D eigenvalue weighted by Crippen LogP contribution is 2.27. The molecule has 4 rings (SSSR count). The molecule has 2 heterocycles. The first-order chi connectivity index (χ1) is 13.8. The summed E-state index contributed by atoms with van der Waals surface area (Å²) in [6.07, 6.45) is 1.76. The fourth-order valence-corrected chi connectivity index (χ4v) is 4.80. The molecule has 0 aliphatic carbocycles. The molecule has 0 spiro atoms. The number of rotatable bonds is 4. The van der Waals surface area contributed by atoms with Gasteiger partial charge in [0.1, 0.15) is 5.82 Å². The van der Waals surface area contributed by atoms with Crippen LogP contribution >= 0.6 is 0 Å². The Morgan fingerprint density at radius 1 is 1.07 bits per heavy atom. The van der Waals surface area contributed by atoms with Crippen LogP contribution < -0.4 is 0 Å². The molecule has 1 fully saturated rings. The molecule has 1 aromatic heterocycles. The van der Waals surface area contributed by atoms with Crippen LogP contribution in [-0.4, -0.2) is 36.0 Å². The molecule has 0 radical (unpaired) electrons. The Hall–Kier alpha value is -2.58. The van der Waals surface area contributed by atoms with Crippen LogP contribution in [0.15, 0.2) is 51.9 Å². The molecule has 1 saturated heterocycles. The third-order valence-corrected chi connectivity index (χ3v) is 7.25. The number of nitrogens with zero attached hydrogens (tertiary/aromatic N) is 3. The summed E-state index contributed by atoms with van der Waals surface area (Å²) in [7, 11) is -3.50. The maximum atomic E-state index is 13.8. The summed E-state index contributed by atoms with van der Waals surface area (Å²) in [6, 6.07) is 11.1. The van der Waals surface area contributed by atoms with Crippen LogP contribution in [0.3, 0.4) is 0 Å². The highest BCUT2D eigenvalue weighted by atomic mass is 32.2. The lowest BCUT2D eigenvalue weighted by molar-refractivity contribution is 0.288. The van der Waals surface area contributed by atoms with Crippen LogP contribution in [0.2, 0.25) is 0 Å². The summed E-state index contributed by atoms with van der Waals surface area (Å²) in [5.41, 5.74) is 1.65. The number of sulfonamides is 1. The van der Waals surface area contributed by atoms with Gasteiger partial charge in [-0.3, -0.25) is 0 Å². The minimum atomic E-state index is -3.50. The van der Waals surface area contributed by atoms with E-state index in [9.17, 15) is 12.8 Å². The van der Waals surface area contributed by atoms with Gasteiger partial charge in [0.2, 0.25) is 15.8 Å². The molecule has 1 aliphatic rings. The Labute approximate surface area is 169 Å². The topological polar surface area (TPSA) is 76.3 Å². The zero-order valence-corrected chi connectivity index (χ0v) is 17.1. The molecule has 29 heavy (non-hydrogen) atoms. The van der Waals surface area contributed by atoms with E-state index >= 15 is 0 Å². The van der Waals surface area contributed by atoms with Gasteiger partial charge in [-0.25, -0.2) is 12.8 Å². The normalized spacial score (nSPS) is 16.2. The number of aromatic nitrogens is 2. The van der Waals surface area contributed by atoms with Gasteiger partial charge in [0, 0.05) is 24.2 Å². The van der Waals surface area contributed by atoms with Gasteiger partial charge in [-0.15, -0.1) is 0 Å². The van der Waals surface area contributed by atoms with Crippen molar-refractivity contribution in [2.24, 2.45) is 5.92 Å². The molecule has 1 aliphatic heterocycles. The van der Waals surface area contributed by atoms with E-state index in [-0.39, 0.29) is 16.6 Å². The summed E-state index contributed by atoms with van der Waals surface area (Å²) >= 11 is 0. The van der Waals surface area contributed by atoms with E-state index in [0.29, 0.717) is 41.5 Å². The summed E-state index contributed by atoms with van der Waals surface area (Å²) < 4.78 is 46.2. The van der Waals surface area contributed by atoms with E-state index in [1.807, 2.05) is 0 Å². The first-order valence-corrected chi connectivity index (χ1v) is 11.0. The van der Waals surface area contributed by atoms with Crippen LogP contribution in [0, 0.1) is 18.7 Å². The van der Waals surface area contributed by atoms with E-state index in [0.717, 1.165) is 12.8 Å². The lowest BCUT2D eigenvalue weighted by Gasteiger charge is -2.29. The Bertz CT molecular complexity index is 1120. The average molecular weight is 415 g/mol. The number of benzene rings is 2. The van der Waals surface area contributed by atoms with Crippen molar-refractivity contribution in [2.75, 3.05) is 13.1 Å². The van der Waals surface area contributed by atoms with Gasteiger partial charge in [0.25, 0.3) is 5.89 Å². The molecule has 152 valence electrons. The summed E-state index contributed by atoms with van der Waals surface area (Å²) in [4.78, 5) is 4.56. The molecule has 3 aromatic rings. The van der Waals surface area contributed by atoms with E-state index < -0.39 is 10.0 Å². The molecule has 0 saturated carbocycles. The van der Waals surface area contributed by atoms with Crippen LogP contribution in [0.5, 0.6) is 0 Å². The Morgan fingerprint density at radius 3 is 2.38 bits per heavy atom. The maximum Gasteiger partial charge on any atom is 0.258 e. The third kappa shape index (κ3) is 3.95. The van der Waals surface area contributed by atoms with Gasteiger partial charge < -0.3 is 4.52 Å². The summed E-state index contributed by atoms with van der Waals surface area (Å²) in [6.45, 7) is 4.92. The quantitative estimate of drug-likeness (QED) is 0.636. The minimum Gasteiger partial charge on any atom is -0.334 e. The molecule has 0 unspecified atom stereocenters. The second kappa shape index (κ2) is 7.68. The number of hydrogen-bond donors (Lipinski definition) is 0. The molecular formula is C21H22FN3O3S. The minimum absolute atomic E-state index is 0.207. The van der Waals surface area contributed by atoms with Crippen molar-refractivity contribution in [3.8, 4) is 22.8 Å². The Morgan fingerprint density at radius 2 is 1.72 bits per heavy atom. The second-order valence-electron chi connectivity index (χ2n) is 7.50. The Kier molecular flexibility index (Phi) is 5.23. The first kappa shape index (κ1) is 19.7. The number of piperidine rings is 1. The number of aryl methyl sites for hydroxylation is 1. The average Bonchev–Trinajstić information content (AvgIpc) is 3.21.